The van der Waals surface area contributed by atoms with Crippen molar-refractivity contribution in [1.82, 2.24) is 24.4 Å². The van der Waals surface area contributed by atoms with Crippen LogP contribution in [0.15, 0.2) is 32.8 Å². The zero-order valence-corrected chi connectivity index (χ0v) is 19.6. The minimum Gasteiger partial charge on any atom is -0.493 e. The second-order valence-electron chi connectivity index (χ2n) is 7.34. The molecule has 0 saturated heterocycles. The van der Waals surface area contributed by atoms with Crippen LogP contribution in [0.1, 0.15) is 13.8 Å². The highest BCUT2D eigenvalue weighted by Crippen LogP contribution is 2.32. The average molecular weight is 460 g/mol. The van der Waals surface area contributed by atoms with Crippen LogP contribution in [0.25, 0.3) is 22.4 Å². The van der Waals surface area contributed by atoms with Crippen molar-refractivity contribution in [2.45, 2.75) is 24.9 Å². The Morgan fingerprint density at radius 1 is 1.09 bits per heavy atom. The van der Waals surface area contributed by atoms with Gasteiger partial charge in [0.25, 0.3) is 5.56 Å². The fourth-order valence-corrected chi connectivity index (χ4v) is 3.96. The molecule has 0 spiro atoms. The molecule has 0 saturated carbocycles. The fourth-order valence-electron chi connectivity index (χ4n) is 3.14. The van der Waals surface area contributed by atoms with E-state index >= 15 is 0 Å². The molecule has 2 heterocycles. The predicted octanol–water partition coefficient (Wildman–Crippen LogP) is 1.33. The molecule has 3 rings (SSSR count). The van der Waals surface area contributed by atoms with Gasteiger partial charge in [-0.2, -0.15) is 0 Å². The number of aromatic nitrogens is 4. The number of amides is 1. The van der Waals surface area contributed by atoms with Crippen molar-refractivity contribution in [1.29, 1.82) is 0 Å². The molecule has 0 unspecified atom stereocenters. The van der Waals surface area contributed by atoms with Gasteiger partial charge in [-0.25, -0.2) is 14.8 Å². The molecule has 0 aliphatic carbocycles. The Bertz CT molecular complexity index is 1300. The van der Waals surface area contributed by atoms with Crippen LogP contribution in [0.5, 0.6) is 11.5 Å². The third-order valence-electron chi connectivity index (χ3n) is 4.70. The molecule has 170 valence electrons. The second-order valence-corrected chi connectivity index (χ2v) is 8.30. The zero-order chi connectivity index (χ0) is 23.6. The summed E-state index contributed by atoms with van der Waals surface area (Å²) in [7, 11) is 5.99. The predicted molar refractivity (Wildman–Crippen MR) is 123 cm³/mol. The van der Waals surface area contributed by atoms with Gasteiger partial charge in [0.05, 0.1) is 20.0 Å². The molecule has 3 aromatic rings. The van der Waals surface area contributed by atoms with E-state index in [1.54, 1.807) is 18.2 Å². The van der Waals surface area contributed by atoms with E-state index < -0.39 is 11.2 Å². The standard InChI is InChI=1S/C21H25N5O5S/c1-11(2)22-15(27)10-32-19-16-18(25(3)21(29)26(4)20(16)28)23-17(24-19)12-7-8-13(30-5)14(9-12)31-6/h7-9,11H,10H2,1-6H3,(H,22,27). The first-order chi connectivity index (χ1) is 15.2. The number of carbonyl (C=O) groups is 1. The van der Waals surface area contributed by atoms with Crippen LogP contribution in [-0.2, 0) is 18.9 Å². The van der Waals surface area contributed by atoms with Gasteiger partial charge in [-0.3, -0.25) is 18.7 Å². The van der Waals surface area contributed by atoms with Gasteiger partial charge in [0.15, 0.2) is 23.0 Å². The number of hydrogen-bond acceptors (Lipinski definition) is 8. The lowest BCUT2D eigenvalue weighted by atomic mass is 10.2. The maximum atomic E-state index is 12.9. The van der Waals surface area contributed by atoms with Gasteiger partial charge < -0.3 is 14.8 Å². The van der Waals surface area contributed by atoms with E-state index in [2.05, 4.69) is 15.3 Å². The Labute approximate surface area is 188 Å². The quantitative estimate of drug-likeness (QED) is 0.415. The molecule has 11 heteroatoms. The zero-order valence-electron chi connectivity index (χ0n) is 18.8. The highest BCUT2D eigenvalue weighted by Gasteiger charge is 2.20. The molecule has 1 aromatic carbocycles. The summed E-state index contributed by atoms with van der Waals surface area (Å²) < 4.78 is 12.9. The summed E-state index contributed by atoms with van der Waals surface area (Å²) in [5, 5.41) is 3.31. The van der Waals surface area contributed by atoms with Gasteiger partial charge in [0.2, 0.25) is 5.91 Å². The van der Waals surface area contributed by atoms with E-state index in [1.165, 1.54) is 32.9 Å². The lowest BCUT2D eigenvalue weighted by molar-refractivity contribution is -0.119. The molecule has 10 nitrogen and oxygen atoms in total. The topological polar surface area (TPSA) is 117 Å². The third kappa shape index (κ3) is 4.47. The molecule has 1 amide bonds. The van der Waals surface area contributed by atoms with Crippen molar-refractivity contribution in [3.63, 3.8) is 0 Å². The summed E-state index contributed by atoms with van der Waals surface area (Å²) in [6.45, 7) is 3.73. The Morgan fingerprint density at radius 3 is 2.41 bits per heavy atom. The van der Waals surface area contributed by atoms with Gasteiger partial charge in [-0.15, -0.1) is 0 Å². The SMILES string of the molecule is COc1ccc(-c2nc(SCC(=O)NC(C)C)c3c(=O)n(C)c(=O)n(C)c3n2)cc1OC. The Morgan fingerprint density at radius 2 is 1.78 bits per heavy atom. The molecular weight excluding hydrogens is 434 g/mol. The maximum Gasteiger partial charge on any atom is 0.332 e. The lowest BCUT2D eigenvalue weighted by Gasteiger charge is -2.13. The van der Waals surface area contributed by atoms with Crippen molar-refractivity contribution in [3.8, 4) is 22.9 Å². The highest BCUT2D eigenvalue weighted by atomic mass is 32.2. The number of benzene rings is 1. The van der Waals surface area contributed by atoms with Gasteiger partial charge in [-0.05, 0) is 32.0 Å². The number of methoxy groups -OCH3 is 2. The number of nitrogens with zero attached hydrogens (tertiary/aromatic N) is 4. The normalized spacial score (nSPS) is 11.1. The van der Waals surface area contributed by atoms with Crippen molar-refractivity contribution >= 4 is 28.7 Å². The molecule has 0 aliphatic rings. The van der Waals surface area contributed by atoms with Crippen LogP contribution in [0, 0.1) is 0 Å². The molecule has 0 fully saturated rings. The summed E-state index contributed by atoms with van der Waals surface area (Å²) in [6, 6.07) is 5.16. The van der Waals surface area contributed by atoms with Gasteiger partial charge in [0.1, 0.15) is 10.4 Å². The van der Waals surface area contributed by atoms with Crippen molar-refractivity contribution in [2.75, 3.05) is 20.0 Å². The minimum atomic E-state index is -0.520. The number of carbonyl (C=O) groups excluding carboxylic acids is 1. The Kier molecular flexibility index (Phi) is 6.87. The number of thioether (sulfide) groups is 1. The molecule has 0 bridgehead atoms. The van der Waals surface area contributed by atoms with Crippen molar-refractivity contribution < 1.29 is 14.3 Å². The number of rotatable bonds is 7. The van der Waals surface area contributed by atoms with E-state index in [-0.39, 0.29) is 34.6 Å². The van der Waals surface area contributed by atoms with E-state index in [0.717, 1.165) is 16.3 Å². The van der Waals surface area contributed by atoms with Gasteiger partial charge in [0, 0.05) is 25.7 Å². The van der Waals surface area contributed by atoms with E-state index in [1.807, 2.05) is 13.8 Å². The summed E-state index contributed by atoms with van der Waals surface area (Å²) >= 11 is 1.12. The first kappa shape index (κ1) is 23.3. The summed E-state index contributed by atoms with van der Waals surface area (Å²) in [5.74, 6) is 1.18. The number of fused-ring (bicyclic) bond motifs is 1. The van der Waals surface area contributed by atoms with Gasteiger partial charge in [-0.1, -0.05) is 11.8 Å². The molecule has 0 aliphatic heterocycles. The highest BCUT2D eigenvalue weighted by molar-refractivity contribution is 8.00. The molecule has 32 heavy (non-hydrogen) atoms. The van der Waals surface area contributed by atoms with E-state index in [9.17, 15) is 14.4 Å². The van der Waals surface area contributed by atoms with Crippen LogP contribution in [0.4, 0.5) is 0 Å². The van der Waals surface area contributed by atoms with E-state index in [0.29, 0.717) is 22.1 Å². The molecule has 0 radical (unpaired) electrons. The monoisotopic (exact) mass is 459 g/mol. The Hall–Kier alpha value is -3.34. The van der Waals surface area contributed by atoms with Crippen LogP contribution < -0.4 is 26.0 Å². The van der Waals surface area contributed by atoms with Crippen LogP contribution >= 0.6 is 11.8 Å². The van der Waals surface area contributed by atoms with Crippen LogP contribution in [0.2, 0.25) is 0 Å². The summed E-state index contributed by atoms with van der Waals surface area (Å²) in [6.07, 6.45) is 0. The third-order valence-corrected chi connectivity index (χ3v) is 5.67. The van der Waals surface area contributed by atoms with Crippen LogP contribution in [0.3, 0.4) is 0 Å². The second kappa shape index (κ2) is 9.43. The average Bonchev–Trinajstić information content (AvgIpc) is 2.78. The summed E-state index contributed by atoms with van der Waals surface area (Å²) in [4.78, 5) is 46.7. The Balaban J connectivity index is 2.22. The number of nitrogens with one attached hydrogen (secondary N) is 1. The molecular formula is C21H25N5O5S. The lowest BCUT2D eigenvalue weighted by Crippen LogP contribution is -2.38. The molecule has 2 aromatic heterocycles. The largest absolute Gasteiger partial charge is 0.493 e. The fraction of sp³-hybridized carbons (Fsp3) is 0.381. The van der Waals surface area contributed by atoms with Crippen LogP contribution in [-0.4, -0.2) is 51.0 Å². The maximum absolute atomic E-state index is 12.9. The number of ether oxygens (including phenoxy) is 2. The number of hydrogen-bond donors (Lipinski definition) is 1. The minimum absolute atomic E-state index is 0.0127. The number of aryl methyl sites for hydroxylation is 1. The first-order valence-corrected chi connectivity index (χ1v) is 10.8. The first-order valence-electron chi connectivity index (χ1n) is 9.80. The van der Waals surface area contributed by atoms with Crippen molar-refractivity contribution in [3.05, 3.63) is 39.0 Å². The molecule has 1 N–H and O–H groups in total. The smallest absolute Gasteiger partial charge is 0.332 e. The van der Waals surface area contributed by atoms with E-state index in [4.69, 9.17) is 9.47 Å². The van der Waals surface area contributed by atoms with Gasteiger partial charge >= 0.3 is 5.69 Å². The summed E-state index contributed by atoms with van der Waals surface area (Å²) in [5.41, 5.74) is -0.238. The van der Waals surface area contributed by atoms with Crippen molar-refractivity contribution in [2.24, 2.45) is 14.1 Å². The molecule has 0 atom stereocenters.